The van der Waals surface area contributed by atoms with Gasteiger partial charge in [-0.2, -0.15) is 0 Å². The van der Waals surface area contributed by atoms with E-state index in [1.807, 2.05) is 37.4 Å². The van der Waals surface area contributed by atoms with Gasteiger partial charge in [-0.1, -0.05) is 17.7 Å². The molecular weight excluding hydrogens is 280 g/mol. The van der Waals surface area contributed by atoms with E-state index in [0.717, 1.165) is 16.1 Å². The van der Waals surface area contributed by atoms with E-state index in [4.69, 9.17) is 11.6 Å². The molecule has 0 radical (unpaired) electrons. The third-order valence-electron chi connectivity index (χ3n) is 2.75. The fourth-order valence-corrected chi connectivity index (χ4v) is 2.69. The lowest BCUT2D eigenvalue weighted by Gasteiger charge is -2.14. The molecule has 0 saturated heterocycles. The van der Waals surface area contributed by atoms with Crippen molar-refractivity contribution in [1.29, 1.82) is 0 Å². The first kappa shape index (κ1) is 13.9. The third-order valence-corrected chi connectivity index (χ3v) is 4.04. The summed E-state index contributed by atoms with van der Waals surface area (Å²) in [6.07, 6.45) is 0. The van der Waals surface area contributed by atoms with Crippen LogP contribution in [0.3, 0.4) is 0 Å². The van der Waals surface area contributed by atoms with E-state index in [9.17, 15) is 4.79 Å². The maximum absolute atomic E-state index is 11.9. The first-order chi connectivity index (χ1) is 9.06. The fraction of sp³-hybridized carbons (Fsp3) is 0.214. The minimum Gasteiger partial charge on any atom is -0.331 e. The molecule has 3 nitrogen and oxygen atoms in total. The Kier molecular flexibility index (Phi) is 4.45. The Balaban J connectivity index is 1.98. The number of hydrogen-bond donors (Lipinski definition) is 2. The highest BCUT2D eigenvalue weighted by Gasteiger charge is 2.11. The number of benzene rings is 1. The first-order valence-corrected chi connectivity index (χ1v) is 7.19. The molecule has 19 heavy (non-hydrogen) atoms. The normalized spacial score (nSPS) is 11.9. The Morgan fingerprint density at radius 2 is 2.16 bits per heavy atom. The second-order valence-electron chi connectivity index (χ2n) is 4.29. The van der Waals surface area contributed by atoms with Gasteiger partial charge in [-0.05, 0) is 49.1 Å². The molecule has 0 aliphatic heterocycles. The van der Waals surface area contributed by atoms with Crippen LogP contribution in [0.5, 0.6) is 0 Å². The Hall–Kier alpha value is -1.52. The van der Waals surface area contributed by atoms with Crippen LogP contribution in [-0.2, 0) is 0 Å². The van der Waals surface area contributed by atoms with Gasteiger partial charge >= 0.3 is 6.03 Å². The molecule has 1 heterocycles. The number of nitrogens with one attached hydrogen (secondary N) is 2. The summed E-state index contributed by atoms with van der Waals surface area (Å²) < 4.78 is 0. The zero-order valence-electron chi connectivity index (χ0n) is 10.7. The molecule has 0 spiro atoms. The lowest BCUT2D eigenvalue weighted by molar-refractivity contribution is 0.249. The third kappa shape index (κ3) is 3.72. The van der Waals surface area contributed by atoms with Crippen molar-refractivity contribution in [3.05, 3.63) is 51.2 Å². The predicted octanol–water partition coefficient (Wildman–Crippen LogP) is 4.59. The molecule has 2 amide bonds. The molecule has 1 aromatic carbocycles. The monoisotopic (exact) mass is 294 g/mol. The molecule has 100 valence electrons. The molecule has 0 aliphatic rings. The summed E-state index contributed by atoms with van der Waals surface area (Å²) in [5.41, 5.74) is 1.70. The molecule has 1 aromatic heterocycles. The average Bonchev–Trinajstić information content (AvgIpc) is 2.86. The van der Waals surface area contributed by atoms with E-state index in [1.165, 1.54) is 0 Å². The summed E-state index contributed by atoms with van der Waals surface area (Å²) in [6.45, 7) is 3.87. The minimum absolute atomic E-state index is 0.00685. The van der Waals surface area contributed by atoms with Gasteiger partial charge in [0.1, 0.15) is 0 Å². The zero-order valence-corrected chi connectivity index (χ0v) is 12.3. The molecule has 1 unspecified atom stereocenters. The molecule has 1 atom stereocenters. The lowest BCUT2D eigenvalue weighted by atomic mass is 10.2. The fourth-order valence-electron chi connectivity index (χ4n) is 1.73. The molecule has 0 bridgehead atoms. The van der Waals surface area contributed by atoms with Gasteiger partial charge in [0.25, 0.3) is 0 Å². The Morgan fingerprint density at radius 1 is 1.37 bits per heavy atom. The maximum Gasteiger partial charge on any atom is 0.319 e. The number of carbonyl (C=O) groups is 1. The van der Waals surface area contributed by atoms with E-state index < -0.39 is 0 Å². The summed E-state index contributed by atoms with van der Waals surface area (Å²) in [5, 5.41) is 8.38. The number of halogens is 1. The van der Waals surface area contributed by atoms with Crippen molar-refractivity contribution in [2.75, 3.05) is 5.32 Å². The topological polar surface area (TPSA) is 41.1 Å². The van der Waals surface area contributed by atoms with Gasteiger partial charge in [0.05, 0.1) is 6.04 Å². The molecule has 2 aromatic rings. The molecule has 0 aliphatic carbocycles. The van der Waals surface area contributed by atoms with Gasteiger partial charge in [-0.25, -0.2) is 4.79 Å². The smallest absolute Gasteiger partial charge is 0.319 e. The minimum atomic E-state index is -0.216. The summed E-state index contributed by atoms with van der Waals surface area (Å²) in [7, 11) is 0. The SMILES string of the molecule is Cc1cc(Cl)ccc1NC(=O)NC(C)c1cccs1. The molecule has 0 fully saturated rings. The van der Waals surface area contributed by atoms with E-state index >= 15 is 0 Å². The quantitative estimate of drug-likeness (QED) is 0.854. The number of urea groups is 1. The van der Waals surface area contributed by atoms with Crippen molar-refractivity contribution in [3.8, 4) is 0 Å². The van der Waals surface area contributed by atoms with Crippen LogP contribution in [0.2, 0.25) is 5.02 Å². The number of anilines is 1. The van der Waals surface area contributed by atoms with Crippen LogP contribution < -0.4 is 10.6 Å². The van der Waals surface area contributed by atoms with Gasteiger partial charge < -0.3 is 10.6 Å². The van der Waals surface area contributed by atoms with Gasteiger partial charge in [0, 0.05) is 15.6 Å². The highest BCUT2D eigenvalue weighted by atomic mass is 35.5. The summed E-state index contributed by atoms with van der Waals surface area (Å²) in [6, 6.07) is 9.13. The van der Waals surface area contributed by atoms with Crippen LogP contribution >= 0.6 is 22.9 Å². The zero-order chi connectivity index (χ0) is 13.8. The Morgan fingerprint density at radius 3 is 2.79 bits per heavy atom. The number of rotatable bonds is 3. The van der Waals surface area contributed by atoms with Crippen molar-refractivity contribution < 1.29 is 4.79 Å². The van der Waals surface area contributed by atoms with Crippen molar-refractivity contribution >= 4 is 34.7 Å². The summed E-state index contributed by atoms with van der Waals surface area (Å²) in [4.78, 5) is 13.0. The van der Waals surface area contributed by atoms with E-state index in [0.29, 0.717) is 5.02 Å². The first-order valence-electron chi connectivity index (χ1n) is 5.93. The van der Waals surface area contributed by atoms with Gasteiger partial charge in [0.2, 0.25) is 0 Å². The van der Waals surface area contributed by atoms with Crippen LogP contribution in [0, 0.1) is 6.92 Å². The lowest BCUT2D eigenvalue weighted by Crippen LogP contribution is -2.31. The number of hydrogen-bond acceptors (Lipinski definition) is 2. The molecule has 2 N–H and O–H groups in total. The second-order valence-corrected chi connectivity index (χ2v) is 5.71. The van der Waals surface area contributed by atoms with Crippen LogP contribution in [0.1, 0.15) is 23.4 Å². The Bertz CT molecular complexity index is 569. The predicted molar refractivity (Wildman–Crippen MR) is 81.1 cm³/mol. The number of thiophene rings is 1. The van der Waals surface area contributed by atoms with Crippen LogP contribution in [0.25, 0.3) is 0 Å². The standard InChI is InChI=1S/C14H15ClN2OS/c1-9-8-11(15)5-6-12(9)17-14(18)16-10(2)13-4-3-7-19-13/h3-8,10H,1-2H3,(H2,16,17,18). The molecule has 5 heteroatoms. The molecule has 2 rings (SSSR count). The van der Waals surface area contributed by atoms with E-state index in [2.05, 4.69) is 10.6 Å². The Labute approximate surface area is 121 Å². The van der Waals surface area contributed by atoms with Gasteiger partial charge in [-0.3, -0.25) is 0 Å². The van der Waals surface area contributed by atoms with Crippen LogP contribution in [-0.4, -0.2) is 6.03 Å². The molecule has 0 saturated carbocycles. The van der Waals surface area contributed by atoms with E-state index in [1.54, 1.807) is 23.5 Å². The average molecular weight is 295 g/mol. The van der Waals surface area contributed by atoms with Crippen molar-refractivity contribution in [1.82, 2.24) is 5.32 Å². The van der Waals surface area contributed by atoms with Gasteiger partial charge in [-0.15, -0.1) is 11.3 Å². The summed E-state index contributed by atoms with van der Waals surface area (Å²) >= 11 is 7.50. The second kappa shape index (κ2) is 6.08. The van der Waals surface area contributed by atoms with Crippen molar-refractivity contribution in [2.24, 2.45) is 0 Å². The van der Waals surface area contributed by atoms with Gasteiger partial charge in [0.15, 0.2) is 0 Å². The maximum atomic E-state index is 11.9. The van der Waals surface area contributed by atoms with Crippen LogP contribution in [0.4, 0.5) is 10.5 Å². The van der Waals surface area contributed by atoms with Crippen molar-refractivity contribution in [3.63, 3.8) is 0 Å². The number of carbonyl (C=O) groups excluding carboxylic acids is 1. The highest BCUT2D eigenvalue weighted by Crippen LogP contribution is 2.21. The van der Waals surface area contributed by atoms with E-state index in [-0.39, 0.29) is 12.1 Å². The highest BCUT2D eigenvalue weighted by molar-refractivity contribution is 7.10. The molecular formula is C14H15ClN2OS. The van der Waals surface area contributed by atoms with Crippen molar-refractivity contribution in [2.45, 2.75) is 19.9 Å². The summed E-state index contributed by atoms with van der Waals surface area (Å²) in [5.74, 6) is 0. The number of amides is 2. The largest absolute Gasteiger partial charge is 0.331 e. The number of aryl methyl sites for hydroxylation is 1. The van der Waals surface area contributed by atoms with Crippen LogP contribution in [0.15, 0.2) is 35.7 Å².